The third kappa shape index (κ3) is 4.57. The van der Waals surface area contributed by atoms with Gasteiger partial charge in [0, 0.05) is 6.54 Å². The van der Waals surface area contributed by atoms with E-state index in [2.05, 4.69) is 41.8 Å². The van der Waals surface area contributed by atoms with Crippen molar-refractivity contribution >= 4 is 5.91 Å². The number of rotatable bonds is 7. The lowest BCUT2D eigenvalue weighted by molar-refractivity contribution is -0.133. The monoisotopic (exact) mass is 288 g/mol. The van der Waals surface area contributed by atoms with Crippen LogP contribution in [-0.4, -0.2) is 25.5 Å². The number of benzene rings is 1. The second kappa shape index (κ2) is 8.18. The molecule has 3 heteroatoms. The molecule has 1 saturated heterocycles. The summed E-state index contributed by atoms with van der Waals surface area (Å²) in [5.74, 6) is 0.277. The van der Waals surface area contributed by atoms with Crippen molar-refractivity contribution < 1.29 is 4.79 Å². The number of nitrogens with one attached hydrogen (secondary N) is 2. The molecule has 0 aliphatic carbocycles. The molecule has 21 heavy (non-hydrogen) atoms. The van der Waals surface area contributed by atoms with Crippen molar-refractivity contribution in [3.63, 3.8) is 0 Å². The summed E-state index contributed by atoms with van der Waals surface area (Å²) >= 11 is 0. The highest BCUT2D eigenvalue weighted by Crippen LogP contribution is 2.34. The largest absolute Gasteiger partial charge is 0.356 e. The number of carbonyl (C=O) groups is 1. The number of amides is 1. The van der Waals surface area contributed by atoms with Crippen molar-refractivity contribution in [1.29, 1.82) is 0 Å². The van der Waals surface area contributed by atoms with E-state index in [-0.39, 0.29) is 11.3 Å². The average Bonchev–Trinajstić information content (AvgIpc) is 2.53. The summed E-state index contributed by atoms with van der Waals surface area (Å²) in [5, 5.41) is 6.54. The Morgan fingerprint density at radius 1 is 1.24 bits per heavy atom. The van der Waals surface area contributed by atoms with E-state index >= 15 is 0 Å². The highest BCUT2D eigenvalue weighted by atomic mass is 16.2. The van der Waals surface area contributed by atoms with Crippen LogP contribution in [0.3, 0.4) is 0 Å². The maximum Gasteiger partial charge on any atom is 0.226 e. The topological polar surface area (TPSA) is 41.1 Å². The Morgan fingerprint density at radius 2 is 1.95 bits per heavy atom. The maximum absolute atomic E-state index is 12.6. The van der Waals surface area contributed by atoms with Crippen molar-refractivity contribution in [3.05, 3.63) is 35.9 Å². The zero-order valence-corrected chi connectivity index (χ0v) is 13.2. The normalized spacial score (nSPS) is 17.4. The Bertz CT molecular complexity index is 419. The van der Waals surface area contributed by atoms with Gasteiger partial charge in [-0.1, -0.05) is 43.7 Å². The molecule has 0 atom stereocenters. The molecule has 0 unspecified atom stereocenters. The Hall–Kier alpha value is -1.35. The van der Waals surface area contributed by atoms with Crippen LogP contribution in [0.25, 0.3) is 0 Å². The summed E-state index contributed by atoms with van der Waals surface area (Å²) in [6.07, 6.45) is 6.09. The van der Waals surface area contributed by atoms with Crippen LogP contribution in [0.5, 0.6) is 0 Å². The lowest BCUT2D eigenvalue weighted by atomic mass is 9.74. The number of carbonyl (C=O) groups excluding carboxylic acids is 1. The van der Waals surface area contributed by atoms with Crippen LogP contribution in [0, 0.1) is 5.41 Å². The van der Waals surface area contributed by atoms with E-state index in [1.807, 2.05) is 6.07 Å². The molecule has 0 aromatic heterocycles. The summed E-state index contributed by atoms with van der Waals surface area (Å²) in [6, 6.07) is 10.5. The van der Waals surface area contributed by atoms with Gasteiger partial charge in [-0.25, -0.2) is 0 Å². The number of aryl methyl sites for hydroxylation is 1. The van der Waals surface area contributed by atoms with Gasteiger partial charge in [-0.2, -0.15) is 0 Å². The van der Waals surface area contributed by atoms with E-state index in [1.54, 1.807) is 0 Å². The minimum Gasteiger partial charge on any atom is -0.356 e. The molecule has 1 aromatic rings. The highest BCUT2D eigenvalue weighted by Gasteiger charge is 2.38. The molecule has 1 amide bonds. The van der Waals surface area contributed by atoms with Gasteiger partial charge in [0.25, 0.3) is 0 Å². The predicted octanol–water partition coefficient (Wildman–Crippen LogP) is 2.91. The van der Waals surface area contributed by atoms with Crippen molar-refractivity contribution in [1.82, 2.24) is 10.6 Å². The van der Waals surface area contributed by atoms with Crippen molar-refractivity contribution in [2.75, 3.05) is 19.6 Å². The zero-order valence-electron chi connectivity index (χ0n) is 13.2. The van der Waals surface area contributed by atoms with E-state index in [0.29, 0.717) is 0 Å². The van der Waals surface area contributed by atoms with E-state index in [4.69, 9.17) is 0 Å². The molecule has 1 fully saturated rings. The minimum atomic E-state index is -0.118. The third-order valence-electron chi connectivity index (χ3n) is 4.54. The van der Waals surface area contributed by atoms with Crippen LogP contribution < -0.4 is 10.6 Å². The fraction of sp³-hybridized carbons (Fsp3) is 0.611. The van der Waals surface area contributed by atoms with Crippen molar-refractivity contribution in [2.45, 2.75) is 45.4 Å². The van der Waals surface area contributed by atoms with E-state index < -0.39 is 0 Å². The van der Waals surface area contributed by atoms with Crippen LogP contribution in [0.15, 0.2) is 30.3 Å². The zero-order chi connectivity index (χ0) is 15.0. The standard InChI is InChI=1S/C18H28N2O/c1-2-10-18(11-14-19-15-12-18)17(21)20-13-6-9-16-7-4-3-5-8-16/h3-5,7-8,19H,2,6,9-15H2,1H3,(H,20,21). The SMILES string of the molecule is CCCC1(C(=O)NCCCc2ccccc2)CCNCC1. The van der Waals surface area contributed by atoms with Gasteiger partial charge in [-0.15, -0.1) is 0 Å². The molecule has 1 aliphatic heterocycles. The fourth-order valence-corrected chi connectivity index (χ4v) is 3.30. The molecule has 1 aromatic carbocycles. The molecule has 1 heterocycles. The summed E-state index contributed by atoms with van der Waals surface area (Å²) in [6.45, 7) is 4.90. The lowest BCUT2D eigenvalue weighted by Crippen LogP contribution is -2.47. The maximum atomic E-state index is 12.6. The van der Waals surface area contributed by atoms with Crippen molar-refractivity contribution in [2.24, 2.45) is 5.41 Å². The molecule has 116 valence electrons. The second-order valence-corrected chi connectivity index (χ2v) is 6.13. The van der Waals surface area contributed by atoms with Gasteiger partial charge in [0.1, 0.15) is 0 Å². The molecule has 0 radical (unpaired) electrons. The molecule has 1 aliphatic rings. The summed E-state index contributed by atoms with van der Waals surface area (Å²) < 4.78 is 0. The molecular weight excluding hydrogens is 260 g/mol. The van der Waals surface area contributed by atoms with Crippen molar-refractivity contribution in [3.8, 4) is 0 Å². The van der Waals surface area contributed by atoms with Gasteiger partial charge in [0.15, 0.2) is 0 Å². The molecule has 2 rings (SSSR count). The first-order chi connectivity index (χ1) is 10.3. The first-order valence-electron chi connectivity index (χ1n) is 8.30. The summed E-state index contributed by atoms with van der Waals surface area (Å²) in [7, 11) is 0. The van der Waals surface area contributed by atoms with E-state index in [0.717, 1.165) is 58.2 Å². The van der Waals surface area contributed by atoms with Crippen LogP contribution in [0.2, 0.25) is 0 Å². The molecule has 3 nitrogen and oxygen atoms in total. The quantitative estimate of drug-likeness (QED) is 0.758. The fourth-order valence-electron chi connectivity index (χ4n) is 3.30. The minimum absolute atomic E-state index is 0.118. The Kier molecular flexibility index (Phi) is 6.24. The highest BCUT2D eigenvalue weighted by molar-refractivity contribution is 5.82. The van der Waals surface area contributed by atoms with Gasteiger partial charge in [0.05, 0.1) is 5.41 Å². The predicted molar refractivity (Wildman–Crippen MR) is 87.2 cm³/mol. The van der Waals surface area contributed by atoms with Crippen LogP contribution in [0.1, 0.15) is 44.6 Å². The first-order valence-corrected chi connectivity index (χ1v) is 8.30. The molecule has 2 N–H and O–H groups in total. The summed E-state index contributed by atoms with van der Waals surface area (Å²) in [5.41, 5.74) is 1.23. The van der Waals surface area contributed by atoms with Gasteiger partial charge in [-0.05, 0) is 50.8 Å². The molecule has 0 bridgehead atoms. The third-order valence-corrected chi connectivity index (χ3v) is 4.54. The number of hydrogen-bond donors (Lipinski definition) is 2. The van der Waals surface area contributed by atoms with E-state index in [1.165, 1.54) is 5.56 Å². The molecular formula is C18H28N2O. The smallest absolute Gasteiger partial charge is 0.226 e. The van der Waals surface area contributed by atoms with Gasteiger partial charge in [0.2, 0.25) is 5.91 Å². The Balaban J connectivity index is 1.77. The molecule has 0 spiro atoms. The Labute approximate surface area is 128 Å². The Morgan fingerprint density at radius 3 is 2.62 bits per heavy atom. The first kappa shape index (κ1) is 16.0. The van der Waals surface area contributed by atoms with Gasteiger partial charge in [-0.3, -0.25) is 4.79 Å². The van der Waals surface area contributed by atoms with Crippen LogP contribution >= 0.6 is 0 Å². The average molecular weight is 288 g/mol. The van der Waals surface area contributed by atoms with Crippen LogP contribution in [0.4, 0.5) is 0 Å². The molecule has 0 saturated carbocycles. The number of piperidine rings is 1. The summed E-state index contributed by atoms with van der Waals surface area (Å²) in [4.78, 5) is 12.6. The van der Waals surface area contributed by atoms with E-state index in [9.17, 15) is 4.79 Å². The number of hydrogen-bond acceptors (Lipinski definition) is 2. The second-order valence-electron chi connectivity index (χ2n) is 6.13. The lowest BCUT2D eigenvalue weighted by Gasteiger charge is -2.36. The van der Waals surface area contributed by atoms with Crippen LogP contribution in [-0.2, 0) is 11.2 Å². The van der Waals surface area contributed by atoms with Gasteiger partial charge >= 0.3 is 0 Å². The van der Waals surface area contributed by atoms with Gasteiger partial charge < -0.3 is 10.6 Å².